The van der Waals surface area contributed by atoms with Crippen molar-refractivity contribution >= 4 is 17.8 Å². The fraction of sp³-hybridized carbons (Fsp3) is 0.375. The number of halogens is 1. The number of aromatic nitrogens is 3. The second-order valence-corrected chi connectivity index (χ2v) is 6.81. The lowest BCUT2D eigenvalue weighted by molar-refractivity contribution is -0.162. The van der Waals surface area contributed by atoms with Gasteiger partial charge in [0.1, 0.15) is 11.5 Å². The van der Waals surface area contributed by atoms with E-state index in [0.29, 0.717) is 41.9 Å². The van der Waals surface area contributed by atoms with Gasteiger partial charge in [0.25, 0.3) is 5.91 Å². The molecule has 130 valence electrons. The van der Waals surface area contributed by atoms with Crippen LogP contribution in [-0.2, 0) is 7.05 Å². The molecule has 2 amide bonds. The number of carbonyl (C=O) groups excluding carboxylic acids is 1. The third-order valence-corrected chi connectivity index (χ3v) is 4.81. The molecule has 2 aromatic rings. The molecule has 0 spiro atoms. The van der Waals surface area contributed by atoms with Crippen LogP contribution in [-0.4, -0.2) is 43.1 Å². The van der Waals surface area contributed by atoms with Gasteiger partial charge in [0.05, 0.1) is 23.0 Å². The molecule has 3 aliphatic carbocycles. The summed E-state index contributed by atoms with van der Waals surface area (Å²) in [5.41, 5.74) is -0.0781. The number of amides is 2. The van der Waals surface area contributed by atoms with Crippen molar-refractivity contribution in [2.45, 2.75) is 30.5 Å². The molecule has 5 rings (SSSR count). The summed E-state index contributed by atoms with van der Waals surface area (Å²) in [5, 5.41) is 18.1. The zero-order valence-electron chi connectivity index (χ0n) is 13.4. The third-order valence-electron chi connectivity index (χ3n) is 4.81. The standard InChI is InChI=1S/C16H16FN5O3/c1-22-12(20-14(24)25)10(5-19-22)11-3-2-9(4-18-11)13(23)21-16-6-15(17,7-16)8-16/h2-5,20H,6-8H2,1H3,(H,21,23)(H,24,25). The van der Waals surface area contributed by atoms with Crippen molar-refractivity contribution in [3.63, 3.8) is 0 Å². The van der Waals surface area contributed by atoms with Gasteiger partial charge in [-0.1, -0.05) is 0 Å². The average molecular weight is 345 g/mol. The minimum absolute atomic E-state index is 0.282. The number of hydrogen-bond donors (Lipinski definition) is 3. The zero-order valence-corrected chi connectivity index (χ0v) is 13.4. The molecule has 25 heavy (non-hydrogen) atoms. The van der Waals surface area contributed by atoms with E-state index in [-0.39, 0.29) is 11.4 Å². The number of pyridine rings is 1. The molecule has 0 radical (unpaired) electrons. The van der Waals surface area contributed by atoms with Gasteiger partial charge in [0.2, 0.25) is 0 Å². The molecule has 0 aromatic carbocycles. The number of anilines is 1. The lowest BCUT2D eigenvalue weighted by Crippen LogP contribution is -2.76. The number of carbonyl (C=O) groups is 2. The zero-order chi connectivity index (χ0) is 17.8. The number of alkyl halides is 1. The Balaban J connectivity index is 1.51. The van der Waals surface area contributed by atoms with Gasteiger partial charge in [-0.25, -0.2) is 9.18 Å². The van der Waals surface area contributed by atoms with Crippen LogP contribution in [0.4, 0.5) is 15.0 Å². The van der Waals surface area contributed by atoms with Crippen LogP contribution in [0, 0.1) is 0 Å². The number of aryl methyl sites for hydroxylation is 1. The van der Waals surface area contributed by atoms with E-state index in [2.05, 4.69) is 20.7 Å². The van der Waals surface area contributed by atoms with Crippen molar-refractivity contribution in [3.05, 3.63) is 30.1 Å². The molecule has 2 aromatic heterocycles. The van der Waals surface area contributed by atoms with Gasteiger partial charge < -0.3 is 10.4 Å². The van der Waals surface area contributed by atoms with Gasteiger partial charge in [0.15, 0.2) is 0 Å². The fourth-order valence-corrected chi connectivity index (χ4v) is 3.67. The molecule has 0 saturated heterocycles. The molecule has 3 saturated carbocycles. The molecule has 8 nitrogen and oxygen atoms in total. The van der Waals surface area contributed by atoms with Crippen LogP contribution in [0.3, 0.4) is 0 Å². The summed E-state index contributed by atoms with van der Waals surface area (Å²) in [6.07, 6.45) is 2.87. The number of carboxylic acid groups (broad SMARTS) is 1. The van der Waals surface area contributed by atoms with E-state index in [1.54, 1.807) is 19.2 Å². The molecule has 3 fully saturated rings. The summed E-state index contributed by atoms with van der Waals surface area (Å²) >= 11 is 0. The summed E-state index contributed by atoms with van der Waals surface area (Å²) in [7, 11) is 1.61. The summed E-state index contributed by atoms with van der Waals surface area (Å²) in [5.74, 6) is 0.00943. The van der Waals surface area contributed by atoms with E-state index in [0.717, 1.165) is 0 Å². The van der Waals surface area contributed by atoms with Gasteiger partial charge in [-0.3, -0.25) is 19.8 Å². The van der Waals surface area contributed by atoms with Crippen molar-refractivity contribution in [2.24, 2.45) is 7.05 Å². The third kappa shape index (κ3) is 2.51. The Hall–Kier alpha value is -2.97. The van der Waals surface area contributed by atoms with Crippen LogP contribution in [0.15, 0.2) is 24.5 Å². The topological polar surface area (TPSA) is 109 Å². The van der Waals surface area contributed by atoms with Gasteiger partial charge in [-0.05, 0) is 12.1 Å². The molecular formula is C16H16FN5O3. The first kappa shape index (κ1) is 15.6. The summed E-state index contributed by atoms with van der Waals surface area (Å²) in [6.45, 7) is 0. The Morgan fingerprint density at radius 2 is 2.00 bits per heavy atom. The van der Waals surface area contributed by atoms with Crippen molar-refractivity contribution in [1.82, 2.24) is 20.1 Å². The summed E-state index contributed by atoms with van der Waals surface area (Å²) in [4.78, 5) is 27.4. The molecule has 9 heteroatoms. The maximum absolute atomic E-state index is 13.5. The van der Waals surface area contributed by atoms with Crippen molar-refractivity contribution in [1.29, 1.82) is 0 Å². The normalized spacial score (nSPS) is 26.3. The van der Waals surface area contributed by atoms with Crippen molar-refractivity contribution < 1.29 is 19.1 Å². The monoisotopic (exact) mass is 345 g/mol. The van der Waals surface area contributed by atoms with E-state index in [4.69, 9.17) is 5.11 Å². The second kappa shape index (κ2) is 5.01. The first-order valence-electron chi connectivity index (χ1n) is 7.79. The molecule has 3 aliphatic rings. The number of rotatable bonds is 4. The minimum Gasteiger partial charge on any atom is -0.465 e. The summed E-state index contributed by atoms with van der Waals surface area (Å²) < 4.78 is 14.9. The summed E-state index contributed by atoms with van der Waals surface area (Å²) in [6, 6.07) is 3.23. The Labute approximate surface area is 142 Å². The highest BCUT2D eigenvalue weighted by molar-refractivity contribution is 5.95. The van der Waals surface area contributed by atoms with Crippen LogP contribution in [0.5, 0.6) is 0 Å². The highest BCUT2D eigenvalue weighted by atomic mass is 19.1. The lowest BCUT2D eigenvalue weighted by Gasteiger charge is -2.65. The van der Waals surface area contributed by atoms with Crippen LogP contribution in [0.2, 0.25) is 0 Å². The number of nitrogens with zero attached hydrogens (tertiary/aromatic N) is 3. The second-order valence-electron chi connectivity index (χ2n) is 6.81. The van der Waals surface area contributed by atoms with E-state index >= 15 is 0 Å². The van der Waals surface area contributed by atoms with Crippen LogP contribution < -0.4 is 10.6 Å². The molecule has 3 N–H and O–H groups in total. The molecule has 2 heterocycles. The highest BCUT2D eigenvalue weighted by Gasteiger charge is 2.69. The smallest absolute Gasteiger partial charge is 0.410 e. The molecule has 0 aliphatic heterocycles. The highest BCUT2D eigenvalue weighted by Crippen LogP contribution is 2.62. The quantitative estimate of drug-likeness (QED) is 0.785. The first-order valence-corrected chi connectivity index (χ1v) is 7.79. The largest absolute Gasteiger partial charge is 0.465 e. The van der Waals surface area contributed by atoms with Crippen molar-refractivity contribution in [2.75, 3.05) is 5.32 Å². The maximum Gasteiger partial charge on any atom is 0.410 e. The van der Waals surface area contributed by atoms with Gasteiger partial charge >= 0.3 is 6.09 Å². The SMILES string of the molecule is Cn1ncc(-c2ccc(C(=O)NC34CC(F)(C3)C4)cn2)c1NC(=O)O. The van der Waals surface area contributed by atoms with Crippen LogP contribution in [0.25, 0.3) is 11.3 Å². The van der Waals surface area contributed by atoms with Crippen LogP contribution in [0.1, 0.15) is 29.6 Å². The predicted molar refractivity (Wildman–Crippen MR) is 86.0 cm³/mol. The molecule has 0 unspecified atom stereocenters. The number of nitrogens with one attached hydrogen (secondary N) is 2. The predicted octanol–water partition coefficient (Wildman–Crippen LogP) is 1.95. The molecule has 0 atom stereocenters. The maximum atomic E-state index is 13.5. The fourth-order valence-electron chi connectivity index (χ4n) is 3.67. The Kier molecular flexibility index (Phi) is 3.12. The Morgan fingerprint density at radius 3 is 2.56 bits per heavy atom. The average Bonchev–Trinajstić information content (AvgIpc) is 2.85. The first-order chi connectivity index (χ1) is 11.8. The number of hydrogen-bond acceptors (Lipinski definition) is 4. The molecular weight excluding hydrogens is 329 g/mol. The van der Waals surface area contributed by atoms with Gasteiger partial charge in [0, 0.05) is 38.0 Å². The van der Waals surface area contributed by atoms with E-state index in [1.165, 1.54) is 17.1 Å². The van der Waals surface area contributed by atoms with Crippen LogP contribution >= 0.6 is 0 Å². The minimum atomic E-state index is -1.20. The Bertz CT molecular complexity index is 857. The van der Waals surface area contributed by atoms with E-state index in [1.807, 2.05) is 0 Å². The molecule has 2 bridgehead atoms. The van der Waals surface area contributed by atoms with E-state index < -0.39 is 11.8 Å². The van der Waals surface area contributed by atoms with Gasteiger partial charge in [-0.15, -0.1) is 0 Å². The lowest BCUT2D eigenvalue weighted by atomic mass is 9.47. The van der Waals surface area contributed by atoms with Crippen molar-refractivity contribution in [3.8, 4) is 11.3 Å². The van der Waals surface area contributed by atoms with E-state index in [9.17, 15) is 14.0 Å². The Morgan fingerprint density at radius 1 is 1.28 bits per heavy atom. The van der Waals surface area contributed by atoms with Gasteiger partial charge in [-0.2, -0.15) is 5.10 Å².